The smallest absolute Gasteiger partial charge is 0.0446 e. The highest BCUT2D eigenvalue weighted by Crippen LogP contribution is 2.67. The van der Waals surface area contributed by atoms with Crippen molar-refractivity contribution in [2.24, 2.45) is 63.7 Å². The Balaban J connectivity index is 1.31. The highest BCUT2D eigenvalue weighted by Gasteiger charge is 2.59. The highest BCUT2D eigenvalue weighted by molar-refractivity contribution is 5.31. The summed E-state index contributed by atoms with van der Waals surface area (Å²) in [5.41, 5.74) is 17.5. The van der Waals surface area contributed by atoms with Crippen molar-refractivity contribution in [1.29, 1.82) is 0 Å². The first-order valence-electron chi connectivity index (χ1n) is 15.4. The molecule has 5 rings (SSSR count). The van der Waals surface area contributed by atoms with Crippen molar-refractivity contribution in [2.45, 2.75) is 111 Å². The van der Waals surface area contributed by atoms with Gasteiger partial charge in [0.05, 0.1) is 0 Å². The van der Waals surface area contributed by atoms with Crippen molar-refractivity contribution in [2.75, 3.05) is 6.54 Å². The normalized spacial score (nSPS) is 41.5. The average Bonchev–Trinajstić information content (AvgIpc) is 3.71. The summed E-state index contributed by atoms with van der Waals surface area (Å²) in [7, 11) is 0. The summed E-state index contributed by atoms with van der Waals surface area (Å²) in [6, 6.07) is 0.0857. The largest absolute Gasteiger partial charge is 0.330 e. The van der Waals surface area contributed by atoms with E-state index < -0.39 is 0 Å². The van der Waals surface area contributed by atoms with Gasteiger partial charge in [-0.3, -0.25) is 0 Å². The van der Waals surface area contributed by atoms with Crippen LogP contribution in [-0.2, 0) is 0 Å². The average molecular weight is 479 g/mol. The van der Waals surface area contributed by atoms with Crippen LogP contribution in [0.1, 0.15) is 105 Å². The molecular formula is C33H54N2. The minimum absolute atomic E-state index is 0.0857. The molecule has 4 fully saturated rings. The van der Waals surface area contributed by atoms with E-state index in [1.807, 2.05) is 0 Å². The zero-order valence-electron chi connectivity index (χ0n) is 23.3. The second-order valence-corrected chi connectivity index (χ2v) is 14.0. The van der Waals surface area contributed by atoms with Crippen LogP contribution in [0.25, 0.3) is 0 Å². The highest BCUT2D eigenvalue weighted by atomic mass is 14.7. The van der Waals surface area contributed by atoms with E-state index in [0.717, 1.165) is 36.1 Å². The Morgan fingerprint density at radius 3 is 2.49 bits per heavy atom. The zero-order chi connectivity index (χ0) is 24.8. The van der Waals surface area contributed by atoms with Gasteiger partial charge in [-0.2, -0.15) is 0 Å². The maximum atomic E-state index is 6.98. The minimum atomic E-state index is 0.0857. The fraction of sp³-hybridized carbons (Fsp3) is 0.818. The van der Waals surface area contributed by atoms with Crippen molar-refractivity contribution >= 4 is 0 Å². The van der Waals surface area contributed by atoms with Crippen LogP contribution in [0.2, 0.25) is 0 Å². The lowest BCUT2D eigenvalue weighted by Crippen LogP contribution is -2.34. The van der Waals surface area contributed by atoms with Crippen LogP contribution < -0.4 is 11.5 Å². The predicted octanol–water partition coefficient (Wildman–Crippen LogP) is 7.80. The third-order valence-electron chi connectivity index (χ3n) is 11.8. The molecule has 0 aromatic carbocycles. The maximum absolute atomic E-state index is 6.98. The molecule has 4 N–H and O–H groups in total. The second kappa shape index (κ2) is 10.1. The molecule has 0 aliphatic heterocycles. The van der Waals surface area contributed by atoms with E-state index in [2.05, 4.69) is 52.0 Å². The molecule has 0 radical (unpaired) electrons. The molecule has 4 unspecified atom stereocenters. The molecule has 5 aliphatic carbocycles. The molecule has 8 atom stereocenters. The van der Waals surface area contributed by atoms with E-state index >= 15 is 0 Å². The van der Waals surface area contributed by atoms with Crippen molar-refractivity contribution in [1.82, 2.24) is 0 Å². The third kappa shape index (κ3) is 5.13. The summed E-state index contributed by atoms with van der Waals surface area (Å²) < 4.78 is 0. The van der Waals surface area contributed by atoms with Gasteiger partial charge in [-0.15, -0.1) is 0 Å². The van der Waals surface area contributed by atoms with Gasteiger partial charge < -0.3 is 11.5 Å². The van der Waals surface area contributed by atoms with Gasteiger partial charge >= 0.3 is 0 Å². The SMILES string of the molecule is CC(C)[C@@H](C)/C=C/[C@@H]1[C@@H](C)C12CCC[C@@H]1CCC/C(=C\C(N)C3=CC4(CCC3CN)CC4)C1CC2. The molecule has 2 nitrogen and oxygen atoms in total. The number of nitrogens with two attached hydrogens (primary N) is 2. The van der Waals surface area contributed by atoms with Gasteiger partial charge in [-0.25, -0.2) is 0 Å². The Hall–Kier alpha value is -0.860. The Labute approximate surface area is 216 Å². The number of fused-ring (bicyclic) bond motifs is 1. The summed E-state index contributed by atoms with van der Waals surface area (Å²) >= 11 is 0. The molecule has 5 aliphatic rings. The van der Waals surface area contributed by atoms with E-state index in [1.165, 1.54) is 82.6 Å². The van der Waals surface area contributed by atoms with Crippen LogP contribution in [0.5, 0.6) is 0 Å². The fourth-order valence-corrected chi connectivity index (χ4v) is 8.55. The van der Waals surface area contributed by atoms with Crippen molar-refractivity contribution in [3.05, 3.63) is 35.5 Å². The zero-order valence-corrected chi connectivity index (χ0v) is 23.3. The van der Waals surface area contributed by atoms with Crippen LogP contribution in [-0.4, -0.2) is 12.6 Å². The summed E-state index contributed by atoms with van der Waals surface area (Å²) in [6.45, 7) is 10.4. The lowest BCUT2D eigenvalue weighted by molar-refractivity contribution is 0.199. The van der Waals surface area contributed by atoms with E-state index in [0.29, 0.717) is 22.7 Å². The number of allylic oxidation sites excluding steroid dienone is 4. The van der Waals surface area contributed by atoms with Crippen molar-refractivity contribution in [3.8, 4) is 0 Å². The van der Waals surface area contributed by atoms with Gasteiger partial charge in [0.1, 0.15) is 0 Å². The van der Waals surface area contributed by atoms with Crippen LogP contribution in [0.15, 0.2) is 35.5 Å². The molecule has 196 valence electrons. The summed E-state index contributed by atoms with van der Waals surface area (Å²) in [5, 5.41) is 0. The first kappa shape index (κ1) is 25.8. The standard InChI is InChI=1S/C33H54N2/c1-22(2)23(3)10-11-30-24(4)33(30)14-6-9-25-7-5-8-26(28(25)13-16-33)19-31(35)29-20-32(17-18-32)15-12-27(29)21-34/h10-11,19-20,22-25,27-28,30-31H,5-9,12-18,21,34-35H2,1-4H3/b11-10+,26-19+/t23-,24+,25-,27?,28?,30+,31?,33?/m0/s1. The predicted molar refractivity (Wildman–Crippen MR) is 150 cm³/mol. The first-order valence-corrected chi connectivity index (χ1v) is 15.4. The molecule has 0 bridgehead atoms. The number of hydrogen-bond acceptors (Lipinski definition) is 2. The molecule has 2 spiro atoms. The molecule has 0 heterocycles. The van der Waals surface area contributed by atoms with Gasteiger partial charge in [-0.05, 0) is 135 Å². The van der Waals surface area contributed by atoms with Crippen LogP contribution in [0.4, 0.5) is 0 Å². The molecule has 2 heteroatoms. The summed E-state index contributed by atoms with van der Waals surface area (Å²) in [4.78, 5) is 0. The molecule has 4 saturated carbocycles. The first-order chi connectivity index (χ1) is 16.8. The van der Waals surface area contributed by atoms with Gasteiger partial charge in [0.15, 0.2) is 0 Å². The minimum Gasteiger partial charge on any atom is -0.330 e. The topological polar surface area (TPSA) is 52.0 Å². The van der Waals surface area contributed by atoms with E-state index in [-0.39, 0.29) is 6.04 Å². The van der Waals surface area contributed by atoms with Crippen molar-refractivity contribution in [3.63, 3.8) is 0 Å². The lowest BCUT2D eigenvalue weighted by Gasteiger charge is -2.39. The van der Waals surface area contributed by atoms with Crippen LogP contribution in [0.3, 0.4) is 0 Å². The molecule has 35 heavy (non-hydrogen) atoms. The molecule has 0 aromatic rings. The van der Waals surface area contributed by atoms with E-state index in [1.54, 1.807) is 5.57 Å². The summed E-state index contributed by atoms with van der Waals surface area (Å²) in [5.74, 6) is 5.26. The molecular weight excluding hydrogens is 424 g/mol. The maximum Gasteiger partial charge on any atom is 0.0446 e. The van der Waals surface area contributed by atoms with Gasteiger partial charge in [0.25, 0.3) is 0 Å². The lowest BCUT2D eigenvalue weighted by atomic mass is 9.67. The van der Waals surface area contributed by atoms with E-state index in [9.17, 15) is 0 Å². The van der Waals surface area contributed by atoms with Gasteiger partial charge in [-0.1, -0.05) is 64.0 Å². The Morgan fingerprint density at radius 2 is 1.77 bits per heavy atom. The van der Waals surface area contributed by atoms with E-state index in [4.69, 9.17) is 11.5 Å². The Kier molecular flexibility index (Phi) is 7.46. The van der Waals surface area contributed by atoms with Gasteiger partial charge in [0, 0.05) is 6.04 Å². The molecule has 0 amide bonds. The van der Waals surface area contributed by atoms with Crippen molar-refractivity contribution < 1.29 is 0 Å². The van der Waals surface area contributed by atoms with Crippen LogP contribution >= 0.6 is 0 Å². The monoisotopic (exact) mass is 478 g/mol. The third-order valence-corrected chi connectivity index (χ3v) is 11.8. The molecule has 0 saturated heterocycles. The van der Waals surface area contributed by atoms with Gasteiger partial charge in [0.2, 0.25) is 0 Å². The van der Waals surface area contributed by atoms with Crippen LogP contribution in [0, 0.1) is 52.3 Å². The fourth-order valence-electron chi connectivity index (χ4n) is 8.55. The second-order valence-electron chi connectivity index (χ2n) is 14.0. The Morgan fingerprint density at radius 1 is 1.00 bits per heavy atom. The number of rotatable bonds is 6. The number of hydrogen-bond donors (Lipinski definition) is 2. The summed E-state index contributed by atoms with van der Waals surface area (Å²) in [6.07, 6.45) is 26.8. The quantitative estimate of drug-likeness (QED) is 0.383. The Bertz CT molecular complexity index is 845. The molecule has 0 aromatic heterocycles.